The third-order valence-electron chi connectivity index (χ3n) is 4.03. The van der Waals surface area contributed by atoms with E-state index in [1.807, 2.05) is 13.8 Å². The van der Waals surface area contributed by atoms with E-state index < -0.39 is 5.41 Å². The molecule has 0 saturated heterocycles. The number of oxime groups is 1. The van der Waals surface area contributed by atoms with Crippen LogP contribution in [0.2, 0.25) is 0 Å². The second kappa shape index (κ2) is 5.15. The van der Waals surface area contributed by atoms with Crippen LogP contribution in [0.15, 0.2) is 9.68 Å². The lowest BCUT2D eigenvalue weighted by Crippen LogP contribution is -2.56. The molecule has 1 aromatic rings. The van der Waals surface area contributed by atoms with Crippen LogP contribution in [0.5, 0.6) is 0 Å². The second-order valence-electron chi connectivity index (χ2n) is 5.57. The standard InChI is InChI=1S/C13H20N4O3/c1-7-4-13(5-7,11(14)16-19)12(18)15-6-10-8(2)17-20-9(10)3/h7,19H,4-6H2,1-3H3,(H2,14,16)(H,15,18). The normalized spacial score (nSPS) is 26.1. The first-order valence-electron chi connectivity index (χ1n) is 6.58. The molecular weight excluding hydrogens is 260 g/mol. The molecule has 1 saturated carbocycles. The van der Waals surface area contributed by atoms with Gasteiger partial charge < -0.3 is 20.8 Å². The second-order valence-corrected chi connectivity index (χ2v) is 5.57. The molecule has 0 bridgehead atoms. The molecule has 20 heavy (non-hydrogen) atoms. The molecule has 0 radical (unpaired) electrons. The summed E-state index contributed by atoms with van der Waals surface area (Å²) in [4.78, 5) is 12.4. The van der Waals surface area contributed by atoms with E-state index >= 15 is 0 Å². The Labute approximate surface area is 117 Å². The molecule has 1 fully saturated rings. The number of hydrogen-bond donors (Lipinski definition) is 3. The highest BCUT2D eigenvalue weighted by Crippen LogP contribution is 2.45. The third-order valence-corrected chi connectivity index (χ3v) is 4.03. The van der Waals surface area contributed by atoms with Crippen molar-refractivity contribution in [1.82, 2.24) is 10.5 Å². The average Bonchev–Trinajstić information content (AvgIpc) is 2.70. The van der Waals surface area contributed by atoms with Crippen molar-refractivity contribution in [3.8, 4) is 0 Å². The van der Waals surface area contributed by atoms with Gasteiger partial charge in [0.15, 0.2) is 5.84 Å². The quantitative estimate of drug-likeness (QED) is 0.330. The van der Waals surface area contributed by atoms with Gasteiger partial charge in [0, 0.05) is 12.1 Å². The molecule has 110 valence electrons. The maximum absolute atomic E-state index is 12.4. The summed E-state index contributed by atoms with van der Waals surface area (Å²) in [6.45, 7) is 5.98. The van der Waals surface area contributed by atoms with Crippen LogP contribution in [0.3, 0.4) is 0 Å². The lowest BCUT2D eigenvalue weighted by molar-refractivity contribution is -0.133. The summed E-state index contributed by atoms with van der Waals surface area (Å²) in [5, 5.41) is 18.6. The average molecular weight is 280 g/mol. The first kappa shape index (κ1) is 14.4. The fourth-order valence-corrected chi connectivity index (χ4v) is 2.83. The third kappa shape index (κ3) is 2.23. The molecule has 1 heterocycles. The van der Waals surface area contributed by atoms with Gasteiger partial charge in [-0.05, 0) is 32.6 Å². The maximum Gasteiger partial charge on any atom is 0.234 e. The van der Waals surface area contributed by atoms with Crippen LogP contribution >= 0.6 is 0 Å². The number of aromatic nitrogens is 1. The van der Waals surface area contributed by atoms with E-state index in [2.05, 4.69) is 15.6 Å². The number of nitrogens with one attached hydrogen (secondary N) is 1. The van der Waals surface area contributed by atoms with Crippen LogP contribution in [0.1, 0.15) is 36.8 Å². The Morgan fingerprint density at radius 2 is 2.25 bits per heavy atom. The van der Waals surface area contributed by atoms with Crippen molar-refractivity contribution in [2.24, 2.45) is 22.2 Å². The van der Waals surface area contributed by atoms with E-state index in [-0.39, 0.29) is 11.7 Å². The van der Waals surface area contributed by atoms with E-state index in [1.54, 1.807) is 6.92 Å². The topological polar surface area (TPSA) is 114 Å². The Hall–Kier alpha value is -2.05. The zero-order valence-electron chi connectivity index (χ0n) is 11.9. The predicted octanol–water partition coefficient (Wildman–Crippen LogP) is 1.07. The van der Waals surface area contributed by atoms with Crippen LogP contribution in [0.25, 0.3) is 0 Å². The van der Waals surface area contributed by atoms with Crippen LogP contribution in [0, 0.1) is 25.2 Å². The number of rotatable bonds is 4. The predicted molar refractivity (Wildman–Crippen MR) is 72.1 cm³/mol. The Bertz CT molecular complexity index is 524. The van der Waals surface area contributed by atoms with Crippen LogP contribution < -0.4 is 11.1 Å². The summed E-state index contributed by atoms with van der Waals surface area (Å²) in [5.74, 6) is 0.834. The number of nitrogens with zero attached hydrogens (tertiary/aromatic N) is 2. The summed E-state index contributed by atoms with van der Waals surface area (Å²) in [6, 6.07) is 0. The van der Waals surface area contributed by atoms with E-state index in [9.17, 15) is 4.79 Å². The molecule has 4 N–H and O–H groups in total. The van der Waals surface area contributed by atoms with Gasteiger partial charge in [0.2, 0.25) is 5.91 Å². The van der Waals surface area contributed by atoms with Crippen molar-refractivity contribution < 1.29 is 14.5 Å². The van der Waals surface area contributed by atoms with E-state index in [4.69, 9.17) is 15.5 Å². The van der Waals surface area contributed by atoms with Gasteiger partial charge in [0.1, 0.15) is 11.2 Å². The summed E-state index contributed by atoms with van der Waals surface area (Å²) in [5.41, 5.74) is 6.43. The van der Waals surface area contributed by atoms with Crippen molar-refractivity contribution in [2.75, 3.05) is 0 Å². The van der Waals surface area contributed by atoms with E-state index in [1.165, 1.54) is 0 Å². The molecule has 7 heteroatoms. The fourth-order valence-electron chi connectivity index (χ4n) is 2.83. The molecule has 7 nitrogen and oxygen atoms in total. The van der Waals surface area contributed by atoms with E-state index in [0.717, 1.165) is 11.3 Å². The van der Waals surface area contributed by atoms with Gasteiger partial charge in [-0.2, -0.15) is 0 Å². The van der Waals surface area contributed by atoms with Crippen LogP contribution in [0.4, 0.5) is 0 Å². The number of carbonyl (C=O) groups excluding carboxylic acids is 1. The zero-order chi connectivity index (χ0) is 14.9. The Balaban J connectivity index is 2.08. The first-order valence-corrected chi connectivity index (χ1v) is 6.58. The zero-order valence-corrected chi connectivity index (χ0v) is 11.9. The first-order chi connectivity index (χ1) is 9.40. The molecular formula is C13H20N4O3. The molecule has 0 spiro atoms. The lowest BCUT2D eigenvalue weighted by atomic mass is 9.61. The number of hydrogen-bond acceptors (Lipinski definition) is 5. The Morgan fingerprint density at radius 3 is 2.70 bits per heavy atom. The Morgan fingerprint density at radius 1 is 1.60 bits per heavy atom. The van der Waals surface area contributed by atoms with Crippen molar-refractivity contribution in [3.63, 3.8) is 0 Å². The Kier molecular flexibility index (Phi) is 3.69. The van der Waals surface area contributed by atoms with E-state index in [0.29, 0.717) is 31.1 Å². The smallest absolute Gasteiger partial charge is 0.234 e. The van der Waals surface area contributed by atoms with Crippen molar-refractivity contribution >= 4 is 11.7 Å². The summed E-state index contributed by atoms with van der Waals surface area (Å²) < 4.78 is 5.05. The molecule has 0 unspecified atom stereocenters. The molecule has 1 amide bonds. The van der Waals surface area contributed by atoms with Gasteiger partial charge in [0.25, 0.3) is 0 Å². The highest BCUT2D eigenvalue weighted by molar-refractivity contribution is 6.07. The maximum atomic E-state index is 12.4. The summed E-state index contributed by atoms with van der Waals surface area (Å²) >= 11 is 0. The van der Waals surface area contributed by atoms with Crippen molar-refractivity contribution in [2.45, 2.75) is 40.2 Å². The molecule has 1 aliphatic rings. The molecule has 0 aromatic carbocycles. The number of amides is 1. The SMILES string of the molecule is Cc1noc(C)c1CNC(=O)C1(C(N)=NO)CC(C)C1. The van der Waals surface area contributed by atoms with Crippen LogP contribution in [-0.4, -0.2) is 22.1 Å². The summed E-state index contributed by atoms with van der Waals surface area (Å²) in [7, 11) is 0. The van der Waals surface area contributed by atoms with Crippen molar-refractivity contribution in [1.29, 1.82) is 0 Å². The number of nitrogens with two attached hydrogens (primary N) is 1. The minimum atomic E-state index is -0.882. The van der Waals surface area contributed by atoms with Gasteiger partial charge in [-0.15, -0.1) is 0 Å². The summed E-state index contributed by atoms with van der Waals surface area (Å²) in [6.07, 6.45) is 1.19. The number of carbonyl (C=O) groups is 1. The molecule has 0 aliphatic heterocycles. The highest BCUT2D eigenvalue weighted by atomic mass is 16.5. The van der Waals surface area contributed by atoms with Crippen LogP contribution in [-0.2, 0) is 11.3 Å². The van der Waals surface area contributed by atoms with Crippen molar-refractivity contribution in [3.05, 3.63) is 17.0 Å². The van der Waals surface area contributed by atoms with Gasteiger partial charge in [0.05, 0.1) is 5.69 Å². The lowest BCUT2D eigenvalue weighted by Gasteiger charge is -2.43. The minimum Gasteiger partial charge on any atom is -0.409 e. The minimum absolute atomic E-state index is 0.0214. The largest absolute Gasteiger partial charge is 0.409 e. The molecule has 1 aromatic heterocycles. The van der Waals surface area contributed by atoms with Gasteiger partial charge in [-0.3, -0.25) is 4.79 Å². The monoisotopic (exact) mass is 280 g/mol. The molecule has 2 rings (SSSR count). The van der Waals surface area contributed by atoms with Gasteiger partial charge in [-0.1, -0.05) is 17.2 Å². The van der Waals surface area contributed by atoms with Gasteiger partial charge in [-0.25, -0.2) is 0 Å². The number of aryl methyl sites for hydroxylation is 2. The number of amidine groups is 1. The molecule has 1 aliphatic carbocycles. The van der Waals surface area contributed by atoms with Gasteiger partial charge >= 0.3 is 0 Å². The highest BCUT2D eigenvalue weighted by Gasteiger charge is 2.52. The fraction of sp³-hybridized carbons (Fsp3) is 0.615. The molecule has 0 atom stereocenters.